The molecule has 13 nitrogen and oxygen atoms in total. The van der Waals surface area contributed by atoms with Crippen LogP contribution in [0.3, 0.4) is 0 Å². The number of pyridine rings is 1. The van der Waals surface area contributed by atoms with E-state index in [1.54, 1.807) is 41.5 Å². The van der Waals surface area contributed by atoms with Gasteiger partial charge in [-0.05, 0) is 88.7 Å². The number of hydrogen-bond donors (Lipinski definition) is 3. The number of nitrogens with one attached hydrogen (secondary N) is 3. The van der Waals surface area contributed by atoms with Gasteiger partial charge in [-0.25, -0.2) is 18.2 Å². The number of aryl methyl sites for hydroxylation is 2. The number of sulfonamides is 1. The first kappa shape index (κ1) is 38.0. The summed E-state index contributed by atoms with van der Waals surface area (Å²) in [6.45, 7) is 15.6. The van der Waals surface area contributed by atoms with Crippen LogP contribution in [0.15, 0.2) is 36.9 Å². The number of aromatic nitrogens is 1. The largest absolute Gasteiger partial charge is 0.472 e. The van der Waals surface area contributed by atoms with Crippen LogP contribution in [-0.2, 0) is 42.0 Å². The molecule has 3 N–H and O–H groups in total. The Morgan fingerprint density at radius 1 is 1.04 bits per heavy atom. The summed E-state index contributed by atoms with van der Waals surface area (Å²) in [4.78, 5) is 61.4. The second-order valence-electron chi connectivity index (χ2n) is 16.2. The van der Waals surface area contributed by atoms with Crippen molar-refractivity contribution < 1.29 is 37.1 Å². The maximum Gasteiger partial charge on any atom is 0.408 e. The Kier molecular flexibility index (Phi) is 10.5. The standard InChI is InChI=1S/C37H51N5O8S/c1-9-19-37(8,33(45)41-51(47,48)23-17-18-23)40-30(43)28-20-22(49-31-26-14-11-10-13-24(26)25-15-12-16-27(25)38-31)21-42(28)32(44)29(35(2,3)4)39-34(46)50-36(5,6)7/h9-11,13-14,22-23,28-29H,1,12,15-21H2,2-8H3,(H,39,46)(H,40,43)(H,41,45)/t22-,28+,29-,37+/m1/s1. The monoisotopic (exact) mass is 725 g/mol. The van der Waals surface area contributed by atoms with Gasteiger partial charge in [-0.15, -0.1) is 6.58 Å². The summed E-state index contributed by atoms with van der Waals surface area (Å²) in [7, 11) is -3.91. The SMILES string of the molecule is C=CC[C@](C)(NC(=O)[C@@H]1C[C@@H](Oc2nc3c(c4ccccc24)CCC3)CN1C(=O)[C@@H](NC(=O)OC(C)(C)C)C(C)(C)C)C(=O)NS(=O)(=O)C1CC1. The van der Waals surface area contributed by atoms with Crippen molar-refractivity contribution >= 4 is 44.6 Å². The third-order valence-electron chi connectivity index (χ3n) is 9.46. The molecule has 0 radical (unpaired) electrons. The number of amides is 4. The minimum atomic E-state index is -3.91. The average Bonchev–Trinajstić information content (AvgIpc) is 3.65. The van der Waals surface area contributed by atoms with E-state index in [9.17, 15) is 27.6 Å². The second kappa shape index (κ2) is 14.1. The predicted molar refractivity (Wildman–Crippen MR) is 192 cm³/mol. The van der Waals surface area contributed by atoms with Gasteiger partial charge in [0.05, 0.1) is 11.8 Å². The number of fused-ring (bicyclic) bond motifs is 3. The van der Waals surface area contributed by atoms with Gasteiger partial charge in [0.2, 0.25) is 27.7 Å². The molecule has 0 spiro atoms. The fourth-order valence-electron chi connectivity index (χ4n) is 6.67. The average molecular weight is 726 g/mol. The minimum absolute atomic E-state index is 0.0208. The predicted octanol–water partition coefficient (Wildman–Crippen LogP) is 4.07. The number of hydrogen-bond acceptors (Lipinski definition) is 9. The summed E-state index contributed by atoms with van der Waals surface area (Å²) < 4.78 is 39.5. The van der Waals surface area contributed by atoms with Crippen LogP contribution in [0.4, 0.5) is 4.79 Å². The molecule has 0 bridgehead atoms. The number of alkyl carbamates (subject to hydrolysis) is 1. The molecular formula is C37H51N5O8S. The van der Waals surface area contributed by atoms with Crippen LogP contribution in [0.1, 0.15) is 91.8 Å². The molecule has 2 aliphatic carbocycles. The van der Waals surface area contributed by atoms with Crippen LogP contribution in [0.25, 0.3) is 10.8 Å². The lowest BCUT2D eigenvalue weighted by atomic mass is 9.85. The molecule has 1 saturated carbocycles. The zero-order valence-corrected chi connectivity index (χ0v) is 31.4. The molecular weight excluding hydrogens is 675 g/mol. The maximum absolute atomic E-state index is 14.5. The van der Waals surface area contributed by atoms with Gasteiger partial charge in [-0.2, -0.15) is 0 Å². The highest BCUT2D eigenvalue weighted by Gasteiger charge is 2.49. The summed E-state index contributed by atoms with van der Waals surface area (Å²) >= 11 is 0. The van der Waals surface area contributed by atoms with Gasteiger partial charge in [-0.3, -0.25) is 19.1 Å². The molecule has 1 aliphatic heterocycles. The van der Waals surface area contributed by atoms with E-state index < -0.39 is 73.8 Å². The molecule has 5 rings (SSSR count). The van der Waals surface area contributed by atoms with E-state index in [1.807, 2.05) is 24.3 Å². The normalized spacial score (nSPS) is 20.9. The number of nitrogens with zero attached hydrogens (tertiary/aromatic N) is 2. The number of carbonyl (C=O) groups is 4. The summed E-state index contributed by atoms with van der Waals surface area (Å²) in [6, 6.07) is 5.60. The molecule has 2 heterocycles. The number of ether oxygens (including phenoxy) is 2. The molecule has 4 atom stereocenters. The topological polar surface area (TPSA) is 173 Å². The zero-order chi connectivity index (χ0) is 37.5. The molecule has 1 saturated heterocycles. The van der Waals surface area contributed by atoms with Crippen molar-refractivity contribution in [1.29, 1.82) is 0 Å². The summed E-state index contributed by atoms with van der Waals surface area (Å²) in [5, 5.41) is 6.68. The van der Waals surface area contributed by atoms with E-state index in [0.29, 0.717) is 18.7 Å². The van der Waals surface area contributed by atoms with E-state index in [2.05, 4.69) is 21.9 Å². The first-order valence-electron chi connectivity index (χ1n) is 17.6. The summed E-state index contributed by atoms with van der Waals surface area (Å²) in [5.41, 5.74) is -1.17. The summed E-state index contributed by atoms with van der Waals surface area (Å²) in [6.07, 6.45) is 3.54. The van der Waals surface area contributed by atoms with Gasteiger partial charge < -0.3 is 25.0 Å². The lowest BCUT2D eigenvalue weighted by Gasteiger charge is -2.36. The maximum atomic E-state index is 14.5. The smallest absolute Gasteiger partial charge is 0.408 e. The third kappa shape index (κ3) is 8.65. The Bertz CT molecular complexity index is 1830. The van der Waals surface area contributed by atoms with E-state index in [0.717, 1.165) is 35.7 Å². The summed E-state index contributed by atoms with van der Waals surface area (Å²) in [5.74, 6) is -1.73. The van der Waals surface area contributed by atoms with E-state index >= 15 is 0 Å². The van der Waals surface area contributed by atoms with Crippen LogP contribution in [0.5, 0.6) is 5.88 Å². The van der Waals surface area contributed by atoms with Crippen molar-refractivity contribution in [2.24, 2.45) is 5.41 Å². The number of benzene rings is 1. The highest BCUT2D eigenvalue weighted by atomic mass is 32.2. The van der Waals surface area contributed by atoms with E-state index in [1.165, 1.54) is 23.5 Å². The van der Waals surface area contributed by atoms with Crippen LogP contribution in [0, 0.1) is 5.41 Å². The van der Waals surface area contributed by atoms with Gasteiger partial charge in [0, 0.05) is 17.5 Å². The van der Waals surface area contributed by atoms with Crippen molar-refractivity contribution in [2.45, 2.75) is 128 Å². The van der Waals surface area contributed by atoms with Crippen molar-refractivity contribution in [3.05, 3.63) is 48.2 Å². The van der Waals surface area contributed by atoms with Crippen molar-refractivity contribution in [3.63, 3.8) is 0 Å². The molecule has 3 aliphatic rings. The minimum Gasteiger partial charge on any atom is -0.472 e. The Hall–Kier alpha value is -4.20. The molecule has 1 aromatic carbocycles. The molecule has 14 heteroatoms. The highest BCUT2D eigenvalue weighted by molar-refractivity contribution is 7.91. The Balaban J connectivity index is 1.47. The van der Waals surface area contributed by atoms with Crippen molar-refractivity contribution in [2.75, 3.05) is 6.54 Å². The molecule has 4 amide bonds. The molecule has 2 aromatic rings. The quantitative estimate of drug-likeness (QED) is 0.289. The third-order valence-corrected chi connectivity index (χ3v) is 11.3. The first-order valence-corrected chi connectivity index (χ1v) is 19.1. The fourth-order valence-corrected chi connectivity index (χ4v) is 8.07. The van der Waals surface area contributed by atoms with Gasteiger partial charge >= 0.3 is 6.09 Å². The Morgan fingerprint density at radius 2 is 1.71 bits per heavy atom. The van der Waals surface area contributed by atoms with Crippen LogP contribution in [0.2, 0.25) is 0 Å². The van der Waals surface area contributed by atoms with Crippen molar-refractivity contribution in [1.82, 2.24) is 25.2 Å². The second-order valence-corrected chi connectivity index (χ2v) is 18.1. The Morgan fingerprint density at radius 3 is 2.31 bits per heavy atom. The molecule has 0 unspecified atom stereocenters. The van der Waals surface area contributed by atoms with Gasteiger partial charge in [-0.1, -0.05) is 45.0 Å². The Labute approximate surface area is 300 Å². The lowest BCUT2D eigenvalue weighted by Crippen LogP contribution is -2.62. The van der Waals surface area contributed by atoms with Crippen LogP contribution >= 0.6 is 0 Å². The van der Waals surface area contributed by atoms with Crippen LogP contribution < -0.4 is 20.1 Å². The van der Waals surface area contributed by atoms with E-state index in [-0.39, 0.29) is 19.4 Å². The first-order chi connectivity index (χ1) is 23.7. The molecule has 2 fully saturated rings. The fraction of sp³-hybridized carbons (Fsp3) is 0.595. The van der Waals surface area contributed by atoms with E-state index in [4.69, 9.17) is 14.5 Å². The highest BCUT2D eigenvalue weighted by Crippen LogP contribution is 2.36. The van der Waals surface area contributed by atoms with Gasteiger partial charge in [0.1, 0.15) is 29.3 Å². The molecule has 278 valence electrons. The zero-order valence-electron chi connectivity index (χ0n) is 30.6. The number of carbonyl (C=O) groups excluding carboxylic acids is 4. The molecule has 51 heavy (non-hydrogen) atoms. The van der Waals surface area contributed by atoms with Crippen molar-refractivity contribution in [3.8, 4) is 5.88 Å². The number of rotatable bonds is 11. The number of likely N-dealkylation sites (tertiary alicyclic amines) is 1. The molecule has 1 aromatic heterocycles. The van der Waals surface area contributed by atoms with Gasteiger partial charge in [0.25, 0.3) is 5.91 Å². The van der Waals surface area contributed by atoms with Gasteiger partial charge in [0.15, 0.2) is 0 Å². The lowest BCUT2D eigenvalue weighted by molar-refractivity contribution is -0.143. The van der Waals surface area contributed by atoms with Crippen LogP contribution in [-0.4, -0.2) is 83.2 Å².